The highest BCUT2D eigenvalue weighted by molar-refractivity contribution is 9.10. The fourth-order valence-corrected chi connectivity index (χ4v) is 3.16. The molecule has 0 aliphatic carbocycles. The molecule has 1 aromatic rings. The molecule has 1 saturated heterocycles. The number of piperidine rings is 1. The number of urea groups is 1. The molecule has 0 radical (unpaired) electrons. The molecule has 1 aliphatic rings. The van der Waals surface area contributed by atoms with Gasteiger partial charge in [-0.2, -0.15) is 0 Å². The molecular weight excluding hydrogens is 306 g/mol. The lowest BCUT2D eigenvalue weighted by Crippen LogP contribution is -2.47. The second-order valence-corrected chi connectivity index (χ2v) is 5.86. The number of rotatable bonds is 3. The van der Waals surface area contributed by atoms with Gasteiger partial charge in [-0.25, -0.2) is 4.79 Å². The maximum Gasteiger partial charge on any atom is 0.314 e. The van der Waals surface area contributed by atoms with Crippen LogP contribution in [0.2, 0.25) is 0 Å². The standard InChI is InChI=1S/C14H20BrN3O/c1-10(12-4-2-3-5-13(12)15)17-11-6-8-18(9-7-11)14(16)19/h2-5,10-11,17H,6-9H2,1H3,(H2,16,19)/t10-/m1/s1. The fraction of sp³-hybridized carbons (Fsp3) is 0.500. The van der Waals surface area contributed by atoms with E-state index in [0.717, 1.165) is 30.4 Å². The molecule has 0 spiro atoms. The molecule has 1 fully saturated rings. The van der Waals surface area contributed by atoms with Crippen LogP contribution in [0.25, 0.3) is 0 Å². The van der Waals surface area contributed by atoms with Gasteiger partial charge in [0.05, 0.1) is 0 Å². The molecule has 4 nitrogen and oxygen atoms in total. The lowest BCUT2D eigenvalue weighted by Gasteiger charge is -2.33. The Hall–Kier alpha value is -1.07. The van der Waals surface area contributed by atoms with Gasteiger partial charge in [-0.1, -0.05) is 34.1 Å². The van der Waals surface area contributed by atoms with Crippen molar-refractivity contribution < 1.29 is 4.79 Å². The average molecular weight is 326 g/mol. The molecule has 5 heteroatoms. The topological polar surface area (TPSA) is 58.4 Å². The summed E-state index contributed by atoms with van der Waals surface area (Å²) in [6, 6.07) is 8.68. The zero-order valence-electron chi connectivity index (χ0n) is 11.1. The van der Waals surface area contributed by atoms with Crippen molar-refractivity contribution >= 4 is 22.0 Å². The van der Waals surface area contributed by atoms with Crippen LogP contribution < -0.4 is 11.1 Å². The number of amides is 2. The van der Waals surface area contributed by atoms with Crippen molar-refractivity contribution in [2.45, 2.75) is 31.8 Å². The van der Waals surface area contributed by atoms with Crippen LogP contribution in [0.4, 0.5) is 4.79 Å². The minimum atomic E-state index is -0.308. The van der Waals surface area contributed by atoms with E-state index in [1.54, 1.807) is 4.90 Å². The third-order valence-corrected chi connectivity index (χ3v) is 4.39. The van der Waals surface area contributed by atoms with Crippen LogP contribution in [-0.4, -0.2) is 30.1 Å². The SMILES string of the molecule is C[C@@H](NC1CCN(C(N)=O)CC1)c1ccccc1Br. The highest BCUT2D eigenvalue weighted by atomic mass is 79.9. The van der Waals surface area contributed by atoms with Gasteiger partial charge in [-0.05, 0) is 31.4 Å². The maximum atomic E-state index is 11.1. The van der Waals surface area contributed by atoms with Crippen LogP contribution in [0.15, 0.2) is 28.7 Å². The van der Waals surface area contributed by atoms with Crippen LogP contribution in [0.1, 0.15) is 31.4 Å². The number of hydrogen-bond donors (Lipinski definition) is 2. The van der Waals surface area contributed by atoms with Crippen molar-refractivity contribution in [3.05, 3.63) is 34.3 Å². The van der Waals surface area contributed by atoms with Gasteiger partial charge in [0.15, 0.2) is 0 Å². The second-order valence-electron chi connectivity index (χ2n) is 5.01. The van der Waals surface area contributed by atoms with Gasteiger partial charge in [-0.3, -0.25) is 0 Å². The molecular formula is C14H20BrN3O. The summed E-state index contributed by atoms with van der Waals surface area (Å²) >= 11 is 3.58. The number of nitrogens with two attached hydrogens (primary N) is 1. The van der Waals surface area contributed by atoms with Crippen LogP contribution in [0, 0.1) is 0 Å². The number of likely N-dealkylation sites (tertiary alicyclic amines) is 1. The summed E-state index contributed by atoms with van der Waals surface area (Å²) in [5, 5.41) is 3.63. The van der Waals surface area contributed by atoms with E-state index in [1.165, 1.54) is 5.56 Å². The minimum absolute atomic E-state index is 0.292. The van der Waals surface area contributed by atoms with Gasteiger partial charge >= 0.3 is 6.03 Å². The molecule has 1 aromatic carbocycles. The average Bonchev–Trinajstić information content (AvgIpc) is 2.39. The van der Waals surface area contributed by atoms with Crippen LogP contribution in [0.5, 0.6) is 0 Å². The summed E-state index contributed by atoms with van der Waals surface area (Å²) in [6.07, 6.45) is 1.91. The highest BCUT2D eigenvalue weighted by Crippen LogP contribution is 2.24. The van der Waals surface area contributed by atoms with E-state index in [9.17, 15) is 4.79 Å². The summed E-state index contributed by atoms with van der Waals surface area (Å²) in [5.74, 6) is 0. The highest BCUT2D eigenvalue weighted by Gasteiger charge is 2.22. The van der Waals surface area contributed by atoms with Crippen molar-refractivity contribution in [2.75, 3.05) is 13.1 Å². The molecule has 0 unspecified atom stereocenters. The third kappa shape index (κ3) is 3.70. The minimum Gasteiger partial charge on any atom is -0.351 e. The second kappa shape index (κ2) is 6.39. The Kier molecular flexibility index (Phi) is 4.82. The molecule has 2 amide bonds. The van der Waals surface area contributed by atoms with Crippen LogP contribution >= 0.6 is 15.9 Å². The Morgan fingerprint density at radius 3 is 2.63 bits per heavy atom. The van der Waals surface area contributed by atoms with Crippen molar-refractivity contribution in [2.24, 2.45) is 5.73 Å². The monoisotopic (exact) mass is 325 g/mol. The Morgan fingerprint density at radius 1 is 1.42 bits per heavy atom. The van der Waals surface area contributed by atoms with Crippen LogP contribution in [0.3, 0.4) is 0 Å². The van der Waals surface area contributed by atoms with E-state index < -0.39 is 0 Å². The first kappa shape index (κ1) is 14.3. The van der Waals surface area contributed by atoms with Gasteiger partial charge in [0.2, 0.25) is 0 Å². The van der Waals surface area contributed by atoms with E-state index in [2.05, 4.69) is 40.3 Å². The Balaban J connectivity index is 1.89. The number of nitrogens with zero attached hydrogens (tertiary/aromatic N) is 1. The third-order valence-electron chi connectivity index (χ3n) is 3.66. The van der Waals surface area contributed by atoms with Gasteiger partial charge in [0.25, 0.3) is 0 Å². The van der Waals surface area contributed by atoms with E-state index in [4.69, 9.17) is 5.73 Å². The van der Waals surface area contributed by atoms with E-state index in [1.807, 2.05) is 12.1 Å². The number of benzene rings is 1. The first-order chi connectivity index (χ1) is 9.08. The predicted molar refractivity (Wildman–Crippen MR) is 79.9 cm³/mol. The molecule has 1 atom stereocenters. The maximum absolute atomic E-state index is 11.1. The lowest BCUT2D eigenvalue weighted by molar-refractivity contribution is 0.183. The molecule has 0 aromatic heterocycles. The molecule has 1 aliphatic heterocycles. The van der Waals surface area contributed by atoms with Crippen molar-refractivity contribution in [3.8, 4) is 0 Å². The zero-order chi connectivity index (χ0) is 13.8. The summed E-state index contributed by atoms with van der Waals surface area (Å²) in [7, 11) is 0. The molecule has 2 rings (SSSR count). The predicted octanol–water partition coefficient (Wildman–Crippen LogP) is 2.64. The van der Waals surface area contributed by atoms with Gasteiger partial charge < -0.3 is 16.0 Å². The number of primary amides is 1. The van der Waals surface area contributed by atoms with Crippen molar-refractivity contribution in [1.29, 1.82) is 0 Å². The Bertz CT molecular complexity index is 444. The Labute approximate surface area is 122 Å². The van der Waals surface area contributed by atoms with Gasteiger partial charge in [0.1, 0.15) is 0 Å². The van der Waals surface area contributed by atoms with Gasteiger partial charge in [0, 0.05) is 29.6 Å². The first-order valence-electron chi connectivity index (χ1n) is 6.63. The number of hydrogen-bond acceptors (Lipinski definition) is 2. The molecule has 104 valence electrons. The van der Waals surface area contributed by atoms with Crippen LogP contribution in [-0.2, 0) is 0 Å². The van der Waals surface area contributed by atoms with Gasteiger partial charge in [-0.15, -0.1) is 0 Å². The van der Waals surface area contributed by atoms with Crippen molar-refractivity contribution in [1.82, 2.24) is 10.2 Å². The molecule has 3 N–H and O–H groups in total. The summed E-state index contributed by atoms with van der Waals surface area (Å²) in [5.41, 5.74) is 6.55. The molecule has 1 heterocycles. The summed E-state index contributed by atoms with van der Waals surface area (Å²) < 4.78 is 1.13. The quantitative estimate of drug-likeness (QED) is 0.897. The summed E-state index contributed by atoms with van der Waals surface area (Å²) in [4.78, 5) is 12.8. The summed E-state index contributed by atoms with van der Waals surface area (Å²) in [6.45, 7) is 3.66. The zero-order valence-corrected chi connectivity index (χ0v) is 12.7. The Morgan fingerprint density at radius 2 is 2.05 bits per heavy atom. The largest absolute Gasteiger partial charge is 0.351 e. The molecule has 0 bridgehead atoms. The fourth-order valence-electron chi connectivity index (χ4n) is 2.54. The van der Waals surface area contributed by atoms with Crippen molar-refractivity contribution in [3.63, 3.8) is 0 Å². The number of nitrogens with one attached hydrogen (secondary N) is 1. The number of carbonyl (C=O) groups is 1. The number of carbonyl (C=O) groups excluding carboxylic acids is 1. The molecule has 0 saturated carbocycles. The van der Waals surface area contributed by atoms with E-state index >= 15 is 0 Å². The smallest absolute Gasteiger partial charge is 0.314 e. The van der Waals surface area contributed by atoms with E-state index in [-0.39, 0.29) is 6.03 Å². The lowest BCUT2D eigenvalue weighted by atomic mass is 10.0. The van der Waals surface area contributed by atoms with E-state index in [0.29, 0.717) is 12.1 Å². The first-order valence-corrected chi connectivity index (χ1v) is 7.42. The number of halogens is 1. The molecule has 19 heavy (non-hydrogen) atoms. The normalized spacial score (nSPS) is 18.3.